The monoisotopic (exact) mass is 430 g/mol. The van der Waals surface area contributed by atoms with Gasteiger partial charge in [0.1, 0.15) is 23.0 Å². The van der Waals surface area contributed by atoms with Gasteiger partial charge in [-0.1, -0.05) is 5.16 Å². The Morgan fingerprint density at radius 3 is 2.62 bits per heavy atom. The third-order valence-corrected chi connectivity index (χ3v) is 6.05. The van der Waals surface area contributed by atoms with Crippen molar-refractivity contribution in [1.29, 1.82) is 0 Å². The first-order chi connectivity index (χ1) is 15.4. The fraction of sp³-hybridized carbons (Fsp3) is 0.333. The molecule has 5 rings (SSSR count). The lowest BCUT2D eigenvalue weighted by atomic mass is 10.00. The molecule has 0 radical (unpaired) electrons. The van der Waals surface area contributed by atoms with E-state index < -0.39 is 0 Å². The largest absolute Gasteiger partial charge is 0.496 e. The zero-order valence-corrected chi connectivity index (χ0v) is 19.2. The van der Waals surface area contributed by atoms with Crippen LogP contribution >= 0.6 is 0 Å². The van der Waals surface area contributed by atoms with Crippen molar-refractivity contribution in [2.75, 3.05) is 7.11 Å². The summed E-state index contributed by atoms with van der Waals surface area (Å²) in [6.07, 6.45) is 2.60. The number of nitrogens with zero attached hydrogens (tertiary/aromatic N) is 5. The summed E-state index contributed by atoms with van der Waals surface area (Å²) in [6.45, 7) is 10.8. The molecule has 1 aromatic carbocycles. The van der Waals surface area contributed by atoms with Crippen molar-refractivity contribution in [3.8, 4) is 16.9 Å². The number of hydrogen-bond donors (Lipinski definition) is 1. The number of benzene rings is 1. The predicted octanol–water partition coefficient (Wildman–Crippen LogP) is 4.82. The minimum atomic E-state index is 0.681. The Hall–Kier alpha value is -3.68. The molecule has 0 atom stereocenters. The standard InChI is InChI=1S/C24H26N6O2/c1-7-30-20(12(2)11-25-30)10-19-23-16-9-21(31-6)17(22-13(3)29-32-14(22)4)8-18(16)28-24(23)27-15(5)26-19/h8-9,11H,7,10H2,1-6H3,(H,26,27,28). The van der Waals surface area contributed by atoms with Crippen molar-refractivity contribution in [2.24, 2.45) is 0 Å². The van der Waals surface area contributed by atoms with Crippen molar-refractivity contribution < 1.29 is 9.26 Å². The SMILES string of the molecule is CCn1ncc(C)c1Cc1nc(C)nc2[nH]c3cc(-c4c(C)noc4C)c(OC)cc3c12. The van der Waals surface area contributed by atoms with Crippen LogP contribution in [0, 0.1) is 27.7 Å². The maximum atomic E-state index is 5.79. The van der Waals surface area contributed by atoms with Gasteiger partial charge in [0.15, 0.2) is 0 Å². The van der Waals surface area contributed by atoms with E-state index in [1.165, 1.54) is 5.69 Å². The smallest absolute Gasteiger partial charge is 0.142 e. The molecule has 0 saturated heterocycles. The minimum absolute atomic E-state index is 0.681. The maximum Gasteiger partial charge on any atom is 0.142 e. The Bertz CT molecular complexity index is 1450. The van der Waals surface area contributed by atoms with Crippen molar-refractivity contribution >= 4 is 21.9 Å². The summed E-state index contributed by atoms with van der Waals surface area (Å²) >= 11 is 0. The topological polar surface area (TPSA) is 94.7 Å². The minimum Gasteiger partial charge on any atom is -0.496 e. The maximum absolute atomic E-state index is 5.79. The van der Waals surface area contributed by atoms with Crippen LogP contribution in [0.4, 0.5) is 0 Å². The Labute approximate surface area is 185 Å². The molecule has 32 heavy (non-hydrogen) atoms. The highest BCUT2D eigenvalue weighted by molar-refractivity contribution is 6.09. The molecule has 4 heterocycles. The fourth-order valence-corrected chi connectivity index (χ4v) is 4.55. The van der Waals surface area contributed by atoms with Gasteiger partial charge < -0.3 is 14.2 Å². The van der Waals surface area contributed by atoms with Crippen LogP contribution in [0.25, 0.3) is 33.1 Å². The van der Waals surface area contributed by atoms with Crippen LogP contribution in [0.2, 0.25) is 0 Å². The predicted molar refractivity (Wildman–Crippen MR) is 123 cm³/mol. The van der Waals surface area contributed by atoms with Crippen LogP contribution in [0.5, 0.6) is 5.75 Å². The lowest BCUT2D eigenvalue weighted by Gasteiger charge is -2.10. The van der Waals surface area contributed by atoms with E-state index in [9.17, 15) is 0 Å². The van der Waals surface area contributed by atoms with Crippen molar-refractivity contribution in [3.05, 3.63) is 52.6 Å². The number of fused-ring (bicyclic) bond motifs is 3. The second kappa shape index (κ2) is 7.47. The number of ether oxygens (including phenoxy) is 1. The first-order valence-corrected chi connectivity index (χ1v) is 10.7. The highest BCUT2D eigenvalue weighted by Gasteiger charge is 2.21. The van der Waals surface area contributed by atoms with Crippen LogP contribution in [0.15, 0.2) is 22.9 Å². The molecule has 0 aliphatic heterocycles. The molecule has 0 aliphatic carbocycles. The second-order valence-electron chi connectivity index (χ2n) is 8.13. The van der Waals surface area contributed by atoms with Gasteiger partial charge in [0.05, 0.1) is 30.3 Å². The molecule has 5 aromatic rings. The quantitative estimate of drug-likeness (QED) is 0.430. The molecule has 8 nitrogen and oxygen atoms in total. The number of nitrogens with one attached hydrogen (secondary N) is 1. The zero-order chi connectivity index (χ0) is 22.6. The number of aromatic amines is 1. The summed E-state index contributed by atoms with van der Waals surface area (Å²) in [5.74, 6) is 2.25. The Balaban J connectivity index is 1.77. The molecule has 0 unspecified atom stereocenters. The van der Waals surface area contributed by atoms with Crippen LogP contribution in [-0.2, 0) is 13.0 Å². The molecule has 4 aromatic heterocycles. The average Bonchev–Trinajstić information content (AvgIpc) is 3.41. The number of methoxy groups -OCH3 is 1. The normalized spacial score (nSPS) is 11.7. The van der Waals surface area contributed by atoms with E-state index in [1.54, 1.807) is 7.11 Å². The van der Waals surface area contributed by atoms with Gasteiger partial charge in [0.2, 0.25) is 0 Å². The van der Waals surface area contributed by atoms with Crippen molar-refractivity contribution in [3.63, 3.8) is 0 Å². The molecule has 8 heteroatoms. The Morgan fingerprint density at radius 2 is 1.94 bits per heavy atom. The van der Waals surface area contributed by atoms with E-state index >= 15 is 0 Å². The molecule has 0 amide bonds. The van der Waals surface area contributed by atoms with E-state index in [0.29, 0.717) is 6.42 Å². The van der Waals surface area contributed by atoms with Gasteiger partial charge in [-0.2, -0.15) is 5.10 Å². The number of aromatic nitrogens is 6. The third kappa shape index (κ3) is 3.05. The summed E-state index contributed by atoms with van der Waals surface area (Å²) in [7, 11) is 1.68. The highest BCUT2D eigenvalue weighted by atomic mass is 16.5. The van der Waals surface area contributed by atoms with Crippen LogP contribution in [0.1, 0.15) is 41.2 Å². The Kier molecular flexibility index (Phi) is 4.73. The van der Waals surface area contributed by atoms with E-state index in [-0.39, 0.29) is 0 Å². The summed E-state index contributed by atoms with van der Waals surface area (Å²) in [5.41, 5.74) is 7.81. The van der Waals surface area contributed by atoms with E-state index in [0.717, 1.165) is 73.9 Å². The molecular formula is C24H26N6O2. The first kappa shape index (κ1) is 20.2. The van der Waals surface area contributed by atoms with Crippen LogP contribution in [0.3, 0.4) is 0 Å². The first-order valence-electron chi connectivity index (χ1n) is 10.7. The summed E-state index contributed by atoms with van der Waals surface area (Å²) in [4.78, 5) is 13.0. The lowest BCUT2D eigenvalue weighted by molar-refractivity contribution is 0.393. The molecule has 1 N–H and O–H groups in total. The zero-order valence-electron chi connectivity index (χ0n) is 19.2. The van der Waals surface area contributed by atoms with E-state index in [2.05, 4.69) is 41.2 Å². The molecule has 0 aliphatic rings. The number of H-pyrrole nitrogens is 1. The van der Waals surface area contributed by atoms with E-state index in [4.69, 9.17) is 19.2 Å². The molecule has 164 valence electrons. The molecular weight excluding hydrogens is 404 g/mol. The van der Waals surface area contributed by atoms with Crippen molar-refractivity contribution in [2.45, 2.75) is 47.6 Å². The van der Waals surface area contributed by atoms with Gasteiger partial charge >= 0.3 is 0 Å². The summed E-state index contributed by atoms with van der Waals surface area (Å²) in [6, 6.07) is 4.14. The highest BCUT2D eigenvalue weighted by Crippen LogP contribution is 2.40. The summed E-state index contributed by atoms with van der Waals surface area (Å²) < 4.78 is 13.2. The molecule has 0 bridgehead atoms. The van der Waals surface area contributed by atoms with Gasteiger partial charge in [-0.15, -0.1) is 0 Å². The van der Waals surface area contributed by atoms with Crippen LogP contribution in [-0.4, -0.2) is 37.0 Å². The summed E-state index contributed by atoms with van der Waals surface area (Å²) in [5, 5.41) is 10.7. The van der Waals surface area contributed by atoms with Gasteiger partial charge in [-0.3, -0.25) is 4.68 Å². The number of rotatable bonds is 5. The van der Waals surface area contributed by atoms with Gasteiger partial charge in [0.25, 0.3) is 0 Å². The van der Waals surface area contributed by atoms with Crippen LogP contribution < -0.4 is 4.74 Å². The fourth-order valence-electron chi connectivity index (χ4n) is 4.55. The van der Waals surface area contributed by atoms with E-state index in [1.807, 2.05) is 31.6 Å². The number of aryl methyl sites for hydroxylation is 5. The average molecular weight is 431 g/mol. The molecule has 0 fully saturated rings. The van der Waals surface area contributed by atoms with Crippen molar-refractivity contribution in [1.82, 2.24) is 29.9 Å². The van der Waals surface area contributed by atoms with Gasteiger partial charge in [-0.25, -0.2) is 9.97 Å². The lowest BCUT2D eigenvalue weighted by Crippen LogP contribution is -2.06. The van der Waals surface area contributed by atoms with Gasteiger partial charge in [-0.05, 0) is 52.3 Å². The molecule has 0 spiro atoms. The second-order valence-corrected chi connectivity index (χ2v) is 8.13. The van der Waals surface area contributed by atoms with Gasteiger partial charge in [0, 0.05) is 40.5 Å². The molecule has 0 saturated carbocycles. The third-order valence-electron chi connectivity index (χ3n) is 6.05. The number of hydrogen-bond acceptors (Lipinski definition) is 6. The Morgan fingerprint density at radius 1 is 1.12 bits per heavy atom.